The zero-order valence-corrected chi connectivity index (χ0v) is 18.7. The summed E-state index contributed by atoms with van der Waals surface area (Å²) in [6.45, 7) is 0.0216. The van der Waals surface area contributed by atoms with E-state index in [4.69, 9.17) is 16.3 Å². The molecule has 1 unspecified atom stereocenters. The van der Waals surface area contributed by atoms with Gasteiger partial charge in [0, 0.05) is 19.4 Å². The number of hydrogen-bond acceptors (Lipinski definition) is 5. The van der Waals surface area contributed by atoms with E-state index in [1.165, 1.54) is 4.90 Å². The van der Waals surface area contributed by atoms with Crippen LogP contribution in [0.4, 0.5) is 8.78 Å². The predicted molar refractivity (Wildman–Crippen MR) is 117 cm³/mol. The molecule has 0 spiro atoms. The van der Waals surface area contributed by atoms with Crippen molar-refractivity contribution in [2.45, 2.75) is 55.6 Å². The molecule has 176 valence electrons. The van der Waals surface area contributed by atoms with E-state index >= 15 is 0 Å². The second kappa shape index (κ2) is 9.27. The van der Waals surface area contributed by atoms with Crippen LogP contribution in [-0.4, -0.2) is 60.0 Å². The monoisotopic (exact) mass is 478 g/mol. The van der Waals surface area contributed by atoms with E-state index in [1.54, 1.807) is 24.3 Å². The molecule has 4 aliphatic rings. The molecular formula is C23H25ClF2N4O3. The van der Waals surface area contributed by atoms with Crippen LogP contribution in [0.3, 0.4) is 0 Å². The lowest BCUT2D eigenvalue weighted by Crippen LogP contribution is -2.55. The number of hydrogen-bond donors (Lipinski definition) is 2. The second-order valence-electron chi connectivity index (χ2n) is 8.83. The molecule has 1 aliphatic carbocycles. The number of ether oxygens (including phenoxy) is 1. The average molecular weight is 479 g/mol. The Labute approximate surface area is 195 Å². The zero-order valence-electron chi connectivity index (χ0n) is 18.0. The van der Waals surface area contributed by atoms with Gasteiger partial charge >= 0.3 is 0 Å². The molecule has 2 bridgehead atoms. The number of nitriles is 1. The number of nitrogens with one attached hydrogen (secondary N) is 2. The molecule has 5 rings (SSSR count). The highest BCUT2D eigenvalue weighted by molar-refractivity contribution is 6.32. The molecule has 1 aromatic carbocycles. The van der Waals surface area contributed by atoms with Gasteiger partial charge in [0.25, 0.3) is 5.92 Å². The van der Waals surface area contributed by atoms with Crippen LogP contribution in [0.15, 0.2) is 30.4 Å². The van der Waals surface area contributed by atoms with E-state index in [-0.39, 0.29) is 19.6 Å². The number of halogens is 3. The van der Waals surface area contributed by atoms with Crippen LogP contribution >= 0.6 is 11.6 Å². The van der Waals surface area contributed by atoms with Gasteiger partial charge in [-0.25, -0.2) is 8.78 Å². The van der Waals surface area contributed by atoms with Crippen LogP contribution in [0.2, 0.25) is 5.02 Å². The Morgan fingerprint density at radius 1 is 1.33 bits per heavy atom. The van der Waals surface area contributed by atoms with E-state index in [0.717, 1.165) is 0 Å². The Kier molecular flexibility index (Phi) is 6.59. The van der Waals surface area contributed by atoms with Crippen LogP contribution in [0.25, 0.3) is 0 Å². The summed E-state index contributed by atoms with van der Waals surface area (Å²) in [6, 6.07) is 5.05. The minimum absolute atomic E-state index is 0.0854. The molecule has 33 heavy (non-hydrogen) atoms. The van der Waals surface area contributed by atoms with Crippen molar-refractivity contribution in [3.63, 3.8) is 0 Å². The third-order valence-corrected chi connectivity index (χ3v) is 6.45. The topological polar surface area (TPSA) is 94.5 Å². The van der Waals surface area contributed by atoms with Crippen molar-refractivity contribution in [2.24, 2.45) is 0 Å². The second-order valence-corrected chi connectivity index (χ2v) is 9.24. The first-order valence-corrected chi connectivity index (χ1v) is 11.3. The molecule has 1 saturated heterocycles. The van der Waals surface area contributed by atoms with Gasteiger partial charge in [-0.05, 0) is 37.0 Å². The van der Waals surface area contributed by atoms with Crippen LogP contribution in [0.5, 0.6) is 5.75 Å². The molecule has 2 N–H and O–H groups in total. The molecule has 2 atom stereocenters. The number of amides is 2. The third-order valence-electron chi connectivity index (χ3n) is 6.15. The van der Waals surface area contributed by atoms with Crippen molar-refractivity contribution in [1.29, 1.82) is 5.26 Å². The van der Waals surface area contributed by atoms with Crippen LogP contribution in [0, 0.1) is 11.3 Å². The van der Waals surface area contributed by atoms with E-state index < -0.39 is 48.3 Å². The van der Waals surface area contributed by atoms with Gasteiger partial charge in [-0.3, -0.25) is 14.5 Å². The standard InChI is InChI=1S/C23H25ClF2N4O3/c24-16-10-15-4-5-19(16)33-9-3-1-2-8-30-14-23(25,26)12-18(30)21(32)28-17(11-15)20(31)29-22(13-27)6-7-22/h1,3-5,10,17-18H,2,6-9,11-12,14H2,(H,28,32)(H,29,31)/t17-,18?/m0/s1. The lowest BCUT2D eigenvalue weighted by Gasteiger charge is -2.26. The molecular weight excluding hydrogens is 454 g/mol. The molecule has 0 aromatic heterocycles. The summed E-state index contributed by atoms with van der Waals surface area (Å²) in [5, 5.41) is 15.0. The van der Waals surface area contributed by atoms with Gasteiger partial charge in [0.2, 0.25) is 11.8 Å². The van der Waals surface area contributed by atoms with Crippen molar-refractivity contribution >= 4 is 23.4 Å². The first kappa shape index (κ1) is 23.5. The van der Waals surface area contributed by atoms with E-state index in [9.17, 15) is 23.6 Å². The van der Waals surface area contributed by atoms with Crippen LogP contribution < -0.4 is 15.4 Å². The van der Waals surface area contributed by atoms with Gasteiger partial charge in [0.05, 0.1) is 23.7 Å². The molecule has 1 saturated carbocycles. The van der Waals surface area contributed by atoms with Crippen molar-refractivity contribution in [3.8, 4) is 11.8 Å². The minimum Gasteiger partial charge on any atom is -0.488 e. The summed E-state index contributed by atoms with van der Waals surface area (Å²) in [6.07, 6.45) is 4.60. The SMILES string of the molecule is N#CC1(NC(=O)[C@@H]2Cc3ccc(c(Cl)c3)OCC=CCCN3CC(F)(F)CC3C(=O)N2)CC1. The average Bonchev–Trinajstić information content (AvgIpc) is 3.46. The maximum absolute atomic E-state index is 14.2. The summed E-state index contributed by atoms with van der Waals surface area (Å²) < 4.78 is 34.0. The summed E-state index contributed by atoms with van der Waals surface area (Å²) in [5.74, 6) is -3.67. The Morgan fingerprint density at radius 2 is 2.12 bits per heavy atom. The molecule has 0 radical (unpaired) electrons. The lowest BCUT2D eigenvalue weighted by atomic mass is 10.0. The smallest absolute Gasteiger partial charge is 0.262 e. The molecule has 10 heteroatoms. The van der Waals surface area contributed by atoms with Crippen LogP contribution in [-0.2, 0) is 16.0 Å². The highest BCUT2D eigenvalue weighted by Gasteiger charge is 2.49. The summed E-state index contributed by atoms with van der Waals surface area (Å²) >= 11 is 6.32. The number of alkyl halides is 2. The van der Waals surface area contributed by atoms with Crippen molar-refractivity contribution in [1.82, 2.24) is 15.5 Å². The summed E-state index contributed by atoms with van der Waals surface area (Å²) in [7, 11) is 0. The van der Waals surface area contributed by atoms with E-state index in [1.807, 2.05) is 6.08 Å². The Balaban J connectivity index is 1.61. The van der Waals surface area contributed by atoms with Gasteiger partial charge in [0.1, 0.15) is 23.9 Å². The van der Waals surface area contributed by atoms with E-state index in [2.05, 4.69) is 16.7 Å². The highest BCUT2D eigenvalue weighted by atomic mass is 35.5. The van der Waals surface area contributed by atoms with Gasteiger partial charge in [0.15, 0.2) is 0 Å². The Hall–Kier alpha value is -2.70. The maximum Gasteiger partial charge on any atom is 0.262 e. The normalized spacial score (nSPS) is 26.5. The molecule has 3 aliphatic heterocycles. The quantitative estimate of drug-likeness (QED) is 0.637. The maximum atomic E-state index is 14.2. The van der Waals surface area contributed by atoms with Gasteiger partial charge < -0.3 is 15.4 Å². The van der Waals surface area contributed by atoms with Crippen LogP contribution in [0.1, 0.15) is 31.2 Å². The molecule has 1 aromatic rings. The Bertz CT molecular complexity index is 1010. The fourth-order valence-corrected chi connectivity index (χ4v) is 4.41. The molecule has 2 amide bonds. The molecule has 7 nitrogen and oxygen atoms in total. The van der Waals surface area contributed by atoms with Crippen molar-refractivity contribution in [2.75, 3.05) is 19.7 Å². The van der Waals surface area contributed by atoms with E-state index in [0.29, 0.717) is 35.6 Å². The minimum atomic E-state index is -2.99. The third kappa shape index (κ3) is 5.63. The number of nitrogens with zero attached hydrogens (tertiary/aromatic N) is 2. The largest absolute Gasteiger partial charge is 0.488 e. The summed E-state index contributed by atoms with van der Waals surface area (Å²) in [4.78, 5) is 27.5. The number of carbonyl (C=O) groups is 2. The number of fused-ring (bicyclic) bond motifs is 9. The zero-order chi connectivity index (χ0) is 23.6. The fraction of sp³-hybridized carbons (Fsp3) is 0.522. The lowest BCUT2D eigenvalue weighted by molar-refractivity contribution is -0.131. The van der Waals surface area contributed by atoms with Gasteiger partial charge in [-0.1, -0.05) is 29.8 Å². The first-order chi connectivity index (χ1) is 15.7. The van der Waals surface area contributed by atoms with Gasteiger partial charge in [-0.2, -0.15) is 5.26 Å². The number of rotatable bonds is 2. The number of carbonyl (C=O) groups excluding carboxylic acids is 2. The Morgan fingerprint density at radius 3 is 2.82 bits per heavy atom. The first-order valence-electron chi connectivity index (χ1n) is 10.9. The molecule has 2 fully saturated rings. The highest BCUT2D eigenvalue weighted by Crippen LogP contribution is 2.35. The molecule has 3 heterocycles. The number of benzene rings is 1. The van der Waals surface area contributed by atoms with Gasteiger partial charge in [-0.15, -0.1) is 0 Å². The fourth-order valence-electron chi connectivity index (χ4n) is 4.16. The van der Waals surface area contributed by atoms with Crippen molar-refractivity contribution < 1.29 is 23.1 Å². The predicted octanol–water partition coefficient (Wildman–Crippen LogP) is 2.59. The summed E-state index contributed by atoms with van der Waals surface area (Å²) in [5.41, 5.74) is -0.267. The van der Waals surface area contributed by atoms with Crippen molar-refractivity contribution in [3.05, 3.63) is 40.9 Å².